The highest BCUT2D eigenvalue weighted by molar-refractivity contribution is 5.49. The summed E-state index contributed by atoms with van der Waals surface area (Å²) in [5.41, 5.74) is -0.361. The molecule has 0 radical (unpaired) electrons. The van der Waals surface area contributed by atoms with Gasteiger partial charge in [0.05, 0.1) is 6.10 Å². The first-order valence-electron chi connectivity index (χ1n) is 8.72. The van der Waals surface area contributed by atoms with E-state index in [1.54, 1.807) is 0 Å². The largest absolute Gasteiger partial charge is 0.483 e. The molecule has 2 aliphatic rings. The molecular formula is C21H24O3. The van der Waals surface area contributed by atoms with E-state index < -0.39 is 17.3 Å². The fourth-order valence-corrected chi connectivity index (χ4v) is 4.81. The molecule has 3 nitrogen and oxygen atoms in total. The van der Waals surface area contributed by atoms with E-state index in [9.17, 15) is 10.2 Å². The summed E-state index contributed by atoms with van der Waals surface area (Å²) in [5, 5.41) is 22.5. The van der Waals surface area contributed by atoms with Crippen LogP contribution in [0.25, 0.3) is 0 Å². The van der Waals surface area contributed by atoms with Crippen molar-refractivity contribution in [3.8, 4) is 5.75 Å². The van der Waals surface area contributed by atoms with Gasteiger partial charge in [-0.1, -0.05) is 62.4 Å². The van der Waals surface area contributed by atoms with Crippen molar-refractivity contribution in [3.63, 3.8) is 0 Å². The summed E-state index contributed by atoms with van der Waals surface area (Å²) >= 11 is 0. The predicted octanol–water partition coefficient (Wildman–Crippen LogP) is 3.28. The quantitative estimate of drug-likeness (QED) is 0.911. The van der Waals surface area contributed by atoms with Gasteiger partial charge in [0, 0.05) is 17.9 Å². The standard InChI is InChI=1S/C21H24O3/c1-14(2)17-12-19(22)21(23)16-10-6-7-11-18(16)24-20(17,21)13-15-8-4-3-5-9-15/h3-11,14,17,19,22-23H,12-13H2,1-2H3/t17-,19-,20+,21+/m1/s1. The van der Waals surface area contributed by atoms with Crippen LogP contribution >= 0.6 is 0 Å². The molecule has 2 aromatic rings. The van der Waals surface area contributed by atoms with Gasteiger partial charge in [-0.25, -0.2) is 0 Å². The molecule has 0 saturated heterocycles. The second-order valence-electron chi connectivity index (χ2n) is 7.52. The Morgan fingerprint density at radius 2 is 1.75 bits per heavy atom. The summed E-state index contributed by atoms with van der Waals surface area (Å²) < 4.78 is 6.46. The van der Waals surface area contributed by atoms with Crippen LogP contribution in [0.1, 0.15) is 31.4 Å². The third-order valence-corrected chi connectivity index (χ3v) is 5.91. The molecule has 0 amide bonds. The lowest BCUT2D eigenvalue weighted by Gasteiger charge is -2.41. The Morgan fingerprint density at radius 1 is 1.08 bits per heavy atom. The van der Waals surface area contributed by atoms with E-state index in [1.165, 1.54) is 0 Å². The number of rotatable bonds is 3. The normalized spacial score (nSPS) is 34.0. The molecule has 4 rings (SSSR count). The first-order valence-corrected chi connectivity index (χ1v) is 8.72. The molecule has 0 spiro atoms. The summed E-state index contributed by atoms with van der Waals surface area (Å²) in [6, 6.07) is 17.7. The predicted molar refractivity (Wildman–Crippen MR) is 92.8 cm³/mol. The molecule has 2 N–H and O–H groups in total. The lowest BCUT2D eigenvalue weighted by molar-refractivity contribution is -0.154. The summed E-state index contributed by atoms with van der Waals surface area (Å²) in [5.74, 6) is 1.07. The van der Waals surface area contributed by atoms with E-state index in [0.29, 0.717) is 24.5 Å². The monoisotopic (exact) mass is 324 g/mol. The maximum atomic E-state index is 11.7. The van der Waals surface area contributed by atoms with Crippen molar-refractivity contribution in [1.82, 2.24) is 0 Å². The highest BCUT2D eigenvalue weighted by Crippen LogP contribution is 2.61. The molecule has 0 unspecified atom stereocenters. The molecule has 1 heterocycles. The van der Waals surface area contributed by atoms with Gasteiger partial charge in [-0.3, -0.25) is 0 Å². The van der Waals surface area contributed by atoms with E-state index in [-0.39, 0.29) is 5.92 Å². The van der Waals surface area contributed by atoms with Crippen molar-refractivity contribution >= 4 is 0 Å². The van der Waals surface area contributed by atoms with Gasteiger partial charge in [0.15, 0.2) is 11.2 Å². The Bertz CT molecular complexity index is 742. The third kappa shape index (κ3) is 1.92. The third-order valence-electron chi connectivity index (χ3n) is 5.91. The zero-order valence-electron chi connectivity index (χ0n) is 14.1. The molecular weight excluding hydrogens is 300 g/mol. The number of fused-ring (bicyclic) bond motifs is 3. The van der Waals surface area contributed by atoms with Crippen LogP contribution in [0.5, 0.6) is 5.75 Å². The topological polar surface area (TPSA) is 49.7 Å². The van der Waals surface area contributed by atoms with Gasteiger partial charge in [0.25, 0.3) is 0 Å². The molecule has 24 heavy (non-hydrogen) atoms. The summed E-state index contributed by atoms with van der Waals surface area (Å²) in [6.07, 6.45) is 0.311. The Balaban J connectivity index is 1.89. The van der Waals surface area contributed by atoms with Crippen molar-refractivity contribution in [2.24, 2.45) is 11.8 Å². The molecule has 0 aromatic heterocycles. The van der Waals surface area contributed by atoms with Crippen molar-refractivity contribution in [2.45, 2.75) is 44.0 Å². The highest BCUT2D eigenvalue weighted by Gasteiger charge is 2.71. The van der Waals surface area contributed by atoms with Crippen molar-refractivity contribution in [3.05, 3.63) is 65.7 Å². The van der Waals surface area contributed by atoms with Crippen LogP contribution < -0.4 is 4.74 Å². The number of hydrogen-bond acceptors (Lipinski definition) is 3. The zero-order valence-corrected chi connectivity index (χ0v) is 14.1. The molecule has 126 valence electrons. The number of hydrogen-bond donors (Lipinski definition) is 2. The van der Waals surface area contributed by atoms with E-state index in [0.717, 1.165) is 11.1 Å². The van der Waals surface area contributed by atoms with Crippen LogP contribution in [0.15, 0.2) is 54.6 Å². The summed E-state index contributed by atoms with van der Waals surface area (Å²) in [7, 11) is 0. The smallest absolute Gasteiger partial charge is 0.159 e. The molecule has 1 aliphatic carbocycles. The van der Waals surface area contributed by atoms with Crippen molar-refractivity contribution in [1.29, 1.82) is 0 Å². The van der Waals surface area contributed by atoms with Crippen LogP contribution in [0.2, 0.25) is 0 Å². The fraction of sp³-hybridized carbons (Fsp3) is 0.429. The number of aliphatic hydroxyl groups is 2. The van der Waals surface area contributed by atoms with E-state index in [2.05, 4.69) is 26.0 Å². The second kappa shape index (κ2) is 5.33. The van der Waals surface area contributed by atoms with Crippen LogP contribution in [-0.2, 0) is 12.0 Å². The molecule has 1 saturated carbocycles. The number of benzene rings is 2. The van der Waals surface area contributed by atoms with Gasteiger partial charge in [-0.15, -0.1) is 0 Å². The lowest BCUT2D eigenvalue weighted by atomic mass is 9.71. The summed E-state index contributed by atoms with van der Waals surface area (Å²) in [4.78, 5) is 0. The number of para-hydroxylation sites is 1. The van der Waals surface area contributed by atoms with Crippen LogP contribution in [0.3, 0.4) is 0 Å². The minimum atomic E-state index is -1.37. The summed E-state index contributed by atoms with van der Waals surface area (Å²) in [6.45, 7) is 4.28. The van der Waals surface area contributed by atoms with Crippen molar-refractivity contribution < 1.29 is 14.9 Å². The second-order valence-corrected chi connectivity index (χ2v) is 7.52. The molecule has 2 aromatic carbocycles. The first-order chi connectivity index (χ1) is 11.5. The average molecular weight is 324 g/mol. The average Bonchev–Trinajstić information content (AvgIpc) is 2.95. The van der Waals surface area contributed by atoms with E-state index in [1.807, 2.05) is 42.5 Å². The SMILES string of the molecule is CC(C)[C@H]1C[C@@H](O)[C@@]2(O)c3ccccc3O[C@@]12Cc1ccccc1. The number of ether oxygens (including phenoxy) is 1. The fourth-order valence-electron chi connectivity index (χ4n) is 4.81. The Kier molecular flexibility index (Phi) is 3.48. The molecule has 0 bridgehead atoms. The van der Waals surface area contributed by atoms with Gasteiger partial charge >= 0.3 is 0 Å². The number of aliphatic hydroxyl groups excluding tert-OH is 1. The molecule has 3 heteroatoms. The Labute approximate surface area is 142 Å². The van der Waals surface area contributed by atoms with Gasteiger partial charge in [-0.2, -0.15) is 0 Å². The van der Waals surface area contributed by atoms with Gasteiger partial charge in [0.1, 0.15) is 5.75 Å². The van der Waals surface area contributed by atoms with Crippen molar-refractivity contribution in [2.75, 3.05) is 0 Å². The Morgan fingerprint density at radius 3 is 2.46 bits per heavy atom. The highest BCUT2D eigenvalue weighted by atomic mass is 16.5. The molecule has 1 fully saturated rings. The van der Waals surface area contributed by atoms with Crippen LogP contribution in [0, 0.1) is 11.8 Å². The Hall–Kier alpha value is -1.84. The molecule has 4 atom stereocenters. The van der Waals surface area contributed by atoms with Crippen LogP contribution in [0.4, 0.5) is 0 Å². The first kappa shape index (κ1) is 15.7. The van der Waals surface area contributed by atoms with E-state index in [4.69, 9.17) is 4.74 Å². The molecule has 1 aliphatic heterocycles. The maximum Gasteiger partial charge on any atom is 0.159 e. The minimum Gasteiger partial charge on any atom is -0.483 e. The lowest BCUT2D eigenvalue weighted by Crippen LogP contribution is -2.57. The minimum absolute atomic E-state index is 0.0742. The maximum absolute atomic E-state index is 11.7. The van der Waals surface area contributed by atoms with E-state index >= 15 is 0 Å². The van der Waals surface area contributed by atoms with Crippen LogP contribution in [-0.4, -0.2) is 21.9 Å². The van der Waals surface area contributed by atoms with Gasteiger partial charge < -0.3 is 14.9 Å². The zero-order chi connectivity index (χ0) is 16.9. The van der Waals surface area contributed by atoms with Gasteiger partial charge in [0.2, 0.25) is 0 Å². The van der Waals surface area contributed by atoms with Gasteiger partial charge in [-0.05, 0) is 24.0 Å².